The second kappa shape index (κ2) is 9.52. The van der Waals surface area contributed by atoms with E-state index in [1.54, 1.807) is 0 Å². The summed E-state index contributed by atoms with van der Waals surface area (Å²) in [7, 11) is 0. The highest BCUT2D eigenvalue weighted by molar-refractivity contribution is 8.17. The van der Waals surface area contributed by atoms with Crippen LogP contribution in [0.15, 0.2) is 101 Å². The molecule has 0 saturated heterocycles. The lowest BCUT2D eigenvalue weighted by atomic mass is 9.79. The standard InChI is InChI=1S/C25H26S2/c1-4-10-20(11-5-1)21-16-18-22(19-17-21)25(26-23-12-6-2-7-13-23)27-24-14-8-3-9-15-24/h1-15,21-22,25H,16-19H2. The average molecular weight is 391 g/mol. The van der Waals surface area contributed by atoms with Crippen LogP contribution in [-0.2, 0) is 0 Å². The van der Waals surface area contributed by atoms with Crippen LogP contribution in [0.5, 0.6) is 0 Å². The summed E-state index contributed by atoms with van der Waals surface area (Å²) < 4.78 is 0.575. The summed E-state index contributed by atoms with van der Waals surface area (Å²) in [5, 5.41) is 0. The summed E-state index contributed by atoms with van der Waals surface area (Å²) in [5.41, 5.74) is 1.53. The summed E-state index contributed by atoms with van der Waals surface area (Å²) in [4.78, 5) is 2.77. The van der Waals surface area contributed by atoms with Crippen LogP contribution in [0.2, 0.25) is 0 Å². The smallest absolute Gasteiger partial charge is 0.0624 e. The van der Waals surface area contributed by atoms with E-state index in [2.05, 4.69) is 115 Å². The molecule has 0 aromatic heterocycles. The van der Waals surface area contributed by atoms with Gasteiger partial charge in [-0.15, -0.1) is 23.5 Å². The lowest BCUT2D eigenvalue weighted by molar-refractivity contribution is 0.344. The van der Waals surface area contributed by atoms with E-state index in [4.69, 9.17) is 0 Å². The Morgan fingerprint density at radius 2 is 1.00 bits per heavy atom. The topological polar surface area (TPSA) is 0 Å². The predicted octanol–water partition coefficient (Wildman–Crippen LogP) is 7.87. The van der Waals surface area contributed by atoms with Crippen LogP contribution in [-0.4, -0.2) is 4.58 Å². The van der Waals surface area contributed by atoms with Crippen molar-refractivity contribution in [2.75, 3.05) is 0 Å². The Hall–Kier alpha value is -1.64. The lowest BCUT2D eigenvalue weighted by Crippen LogP contribution is -2.21. The van der Waals surface area contributed by atoms with Gasteiger partial charge in [-0.2, -0.15) is 0 Å². The van der Waals surface area contributed by atoms with Crippen LogP contribution in [0.25, 0.3) is 0 Å². The van der Waals surface area contributed by atoms with Gasteiger partial charge in [-0.3, -0.25) is 0 Å². The number of hydrogen-bond donors (Lipinski definition) is 0. The number of hydrogen-bond acceptors (Lipinski definition) is 2. The number of benzene rings is 3. The monoisotopic (exact) mass is 390 g/mol. The van der Waals surface area contributed by atoms with Crippen molar-refractivity contribution in [3.63, 3.8) is 0 Å². The molecule has 0 heterocycles. The molecule has 0 aliphatic heterocycles. The summed E-state index contributed by atoms with van der Waals surface area (Å²) >= 11 is 4.10. The molecule has 0 bridgehead atoms. The minimum Gasteiger partial charge on any atom is -0.111 e. The fourth-order valence-electron chi connectivity index (χ4n) is 3.93. The van der Waals surface area contributed by atoms with E-state index in [0.29, 0.717) is 4.58 Å². The van der Waals surface area contributed by atoms with E-state index in [1.165, 1.54) is 41.0 Å². The SMILES string of the molecule is c1ccc(SC(Sc2ccccc2)C2CCC(c3ccccc3)CC2)cc1. The Labute approximate surface area is 171 Å². The van der Waals surface area contributed by atoms with E-state index >= 15 is 0 Å². The Balaban J connectivity index is 1.45. The largest absolute Gasteiger partial charge is 0.111 e. The lowest BCUT2D eigenvalue weighted by Gasteiger charge is -2.33. The Bertz CT molecular complexity index is 752. The zero-order valence-electron chi connectivity index (χ0n) is 15.5. The molecular weight excluding hydrogens is 364 g/mol. The molecule has 0 amide bonds. The first-order valence-corrected chi connectivity index (χ1v) is 11.6. The van der Waals surface area contributed by atoms with Crippen LogP contribution < -0.4 is 0 Å². The van der Waals surface area contributed by atoms with Crippen molar-refractivity contribution < 1.29 is 0 Å². The highest BCUT2D eigenvalue weighted by atomic mass is 32.2. The molecule has 0 spiro atoms. The first-order chi connectivity index (χ1) is 13.4. The zero-order valence-corrected chi connectivity index (χ0v) is 17.2. The van der Waals surface area contributed by atoms with Crippen LogP contribution >= 0.6 is 23.5 Å². The third kappa shape index (κ3) is 5.21. The van der Waals surface area contributed by atoms with Crippen molar-refractivity contribution in [3.8, 4) is 0 Å². The van der Waals surface area contributed by atoms with Gasteiger partial charge in [0.1, 0.15) is 0 Å². The van der Waals surface area contributed by atoms with Crippen LogP contribution in [0, 0.1) is 5.92 Å². The normalized spacial score (nSPS) is 19.9. The van der Waals surface area contributed by atoms with Gasteiger partial charge < -0.3 is 0 Å². The molecular formula is C25H26S2. The van der Waals surface area contributed by atoms with Gasteiger partial charge in [0.25, 0.3) is 0 Å². The summed E-state index contributed by atoms with van der Waals surface area (Å²) in [5.74, 6) is 1.51. The summed E-state index contributed by atoms with van der Waals surface area (Å²) in [6, 6.07) is 32.9. The van der Waals surface area contributed by atoms with E-state index in [-0.39, 0.29) is 0 Å². The van der Waals surface area contributed by atoms with Crippen molar-refractivity contribution in [2.45, 2.75) is 46.0 Å². The van der Waals surface area contributed by atoms with Crippen LogP contribution in [0.4, 0.5) is 0 Å². The maximum Gasteiger partial charge on any atom is 0.0624 e. The molecule has 3 aromatic rings. The maximum absolute atomic E-state index is 2.31. The van der Waals surface area contributed by atoms with Crippen LogP contribution in [0.3, 0.4) is 0 Å². The summed E-state index contributed by atoms with van der Waals surface area (Å²) in [6.45, 7) is 0. The fraction of sp³-hybridized carbons (Fsp3) is 0.280. The highest BCUT2D eigenvalue weighted by Gasteiger charge is 2.29. The molecule has 1 aliphatic carbocycles. The van der Waals surface area contributed by atoms with Crippen molar-refractivity contribution in [2.24, 2.45) is 5.92 Å². The summed E-state index contributed by atoms with van der Waals surface area (Å²) in [6.07, 6.45) is 5.28. The Morgan fingerprint density at radius 3 is 1.48 bits per heavy atom. The van der Waals surface area contributed by atoms with E-state index in [9.17, 15) is 0 Å². The first kappa shape index (κ1) is 18.7. The average Bonchev–Trinajstić information content (AvgIpc) is 2.76. The van der Waals surface area contributed by atoms with Gasteiger partial charge in [-0.05, 0) is 67.3 Å². The number of thioether (sulfide) groups is 2. The fourth-order valence-corrected chi connectivity index (χ4v) is 6.89. The third-order valence-corrected chi connectivity index (χ3v) is 8.32. The van der Waals surface area contributed by atoms with Gasteiger partial charge in [-0.25, -0.2) is 0 Å². The van der Waals surface area contributed by atoms with E-state index in [0.717, 1.165) is 11.8 Å². The van der Waals surface area contributed by atoms with Crippen molar-refractivity contribution in [3.05, 3.63) is 96.6 Å². The van der Waals surface area contributed by atoms with Gasteiger partial charge in [0.2, 0.25) is 0 Å². The third-order valence-electron chi connectivity index (χ3n) is 5.42. The molecule has 0 radical (unpaired) electrons. The molecule has 138 valence electrons. The minimum absolute atomic E-state index is 0.575. The minimum atomic E-state index is 0.575. The molecule has 0 nitrogen and oxygen atoms in total. The van der Waals surface area contributed by atoms with Crippen molar-refractivity contribution in [1.82, 2.24) is 0 Å². The van der Waals surface area contributed by atoms with Gasteiger partial charge in [0.05, 0.1) is 4.58 Å². The van der Waals surface area contributed by atoms with Gasteiger partial charge in [-0.1, -0.05) is 66.7 Å². The van der Waals surface area contributed by atoms with Crippen molar-refractivity contribution >= 4 is 23.5 Å². The molecule has 4 rings (SSSR count). The Morgan fingerprint density at radius 1 is 0.556 bits per heavy atom. The molecule has 1 saturated carbocycles. The van der Waals surface area contributed by atoms with Crippen LogP contribution in [0.1, 0.15) is 37.2 Å². The quantitative estimate of drug-likeness (QED) is 0.310. The molecule has 27 heavy (non-hydrogen) atoms. The van der Waals surface area contributed by atoms with Gasteiger partial charge in [0.15, 0.2) is 0 Å². The van der Waals surface area contributed by atoms with Gasteiger partial charge in [0, 0.05) is 9.79 Å². The first-order valence-electron chi connectivity index (χ1n) is 9.87. The molecule has 0 atom stereocenters. The van der Waals surface area contributed by atoms with Crippen molar-refractivity contribution in [1.29, 1.82) is 0 Å². The predicted molar refractivity (Wildman–Crippen MR) is 120 cm³/mol. The van der Waals surface area contributed by atoms with E-state index in [1.807, 2.05) is 0 Å². The number of rotatable bonds is 6. The molecule has 2 heteroatoms. The van der Waals surface area contributed by atoms with Gasteiger partial charge >= 0.3 is 0 Å². The maximum atomic E-state index is 2.31. The molecule has 1 fully saturated rings. The molecule has 0 unspecified atom stereocenters. The molecule has 3 aromatic carbocycles. The second-order valence-corrected chi connectivity index (χ2v) is 9.98. The molecule has 0 N–H and O–H groups in total. The second-order valence-electron chi connectivity index (χ2n) is 7.25. The molecule has 1 aliphatic rings. The highest BCUT2D eigenvalue weighted by Crippen LogP contribution is 2.47. The Kier molecular flexibility index (Phi) is 6.60. The zero-order chi connectivity index (χ0) is 18.3. The van der Waals surface area contributed by atoms with E-state index < -0.39 is 0 Å².